The van der Waals surface area contributed by atoms with Gasteiger partial charge in [0.05, 0.1) is 113 Å². The summed E-state index contributed by atoms with van der Waals surface area (Å²) < 4.78 is 10.7. The Morgan fingerprint density at radius 3 is 0.934 bits per heavy atom. The van der Waals surface area contributed by atoms with Crippen molar-refractivity contribution in [1.29, 1.82) is 0 Å². The zero-order valence-electron chi connectivity index (χ0n) is 58.8. The number of nitrogens with one attached hydrogen (secondary N) is 8. The second kappa shape index (κ2) is 30.9. The summed E-state index contributed by atoms with van der Waals surface area (Å²) in [6, 6.07) is 35.8. The number of carbonyl (C=O) groups is 4. The van der Waals surface area contributed by atoms with Gasteiger partial charge in [0.25, 0.3) is 22.2 Å². The molecule has 0 spiro atoms. The molecule has 0 bridgehead atoms. The highest BCUT2D eigenvalue weighted by atomic mass is 16.2. The van der Waals surface area contributed by atoms with Crippen LogP contribution in [0.3, 0.4) is 0 Å². The highest BCUT2D eigenvalue weighted by Gasteiger charge is 2.23. The smallest absolute Gasteiger partial charge is 0.336 e. The maximum absolute atomic E-state index is 12.7. The molecule has 0 saturated carbocycles. The first-order valence-electron chi connectivity index (χ1n) is 34.3. The van der Waals surface area contributed by atoms with Crippen molar-refractivity contribution >= 4 is 112 Å². The number of aromatic amines is 4. The van der Waals surface area contributed by atoms with Crippen LogP contribution in [0.15, 0.2) is 190 Å². The van der Waals surface area contributed by atoms with Gasteiger partial charge in [-0.15, -0.1) is 0 Å². The number of para-hydroxylation sites is 4. The Labute approximate surface area is 600 Å². The van der Waals surface area contributed by atoms with E-state index in [1.165, 1.54) is 62.2 Å². The standard InChI is InChI=1S/C19H20N6O2.C18H19N7O2.2C18H18N6O2/c1-12(2)8-9-20-19(27)25-17-14(11-22-25)16-15(10-21-17)18(26)24(23-16)13-6-4-3-5-7-13;1-23(2)9-8-19-18(27)25-16-13(11-21-25)15-14(10-20-16)17(26)24(22-15)12-6-4-3-5-7-12;1-11(2)8-20-18(26)24-16-13(10-21-24)15-14(9-19-16)17(25)23(22-15)12-6-4-3-5-7-12;1-2-3-9-19-18(26)24-16-13(11-21-24)15-14(10-20-16)17(25)23(22-15)12-7-5-4-6-8-12/h3-7,10-12,23H,8-9H2,1-2H3,(H,20,27);3-7,10-11,22H,8-9H2,1-2H3,(H,19,27);3-7,9-11,22H,8H2,1-2H3,(H,20,26);4-8,10-11,22H,2-3,9H2,1H3,(H,19,26). The van der Waals surface area contributed by atoms with Crippen molar-refractivity contribution in [1.82, 2.24) is 124 Å². The van der Waals surface area contributed by atoms with Gasteiger partial charge in [0.15, 0.2) is 22.6 Å². The van der Waals surface area contributed by atoms with Crippen LogP contribution in [-0.4, -0.2) is 174 Å². The van der Waals surface area contributed by atoms with Crippen molar-refractivity contribution in [3.63, 3.8) is 0 Å². The number of H-pyrrole nitrogens is 4. The van der Waals surface area contributed by atoms with Gasteiger partial charge in [0.1, 0.15) is 0 Å². The molecular weight excluding hydrogens is 1350 g/mol. The molecule has 106 heavy (non-hydrogen) atoms. The van der Waals surface area contributed by atoms with E-state index in [-0.39, 0.29) is 46.4 Å². The van der Waals surface area contributed by atoms with Gasteiger partial charge in [-0.2, -0.15) is 39.1 Å². The van der Waals surface area contributed by atoms with Gasteiger partial charge in [-0.1, -0.05) is 114 Å². The lowest BCUT2D eigenvalue weighted by Crippen LogP contribution is -2.34. The zero-order valence-corrected chi connectivity index (χ0v) is 58.8. The van der Waals surface area contributed by atoms with Crippen LogP contribution in [0.25, 0.3) is 110 Å². The van der Waals surface area contributed by atoms with E-state index >= 15 is 0 Å². The number of hydrogen-bond acceptors (Lipinski definition) is 17. The first kappa shape index (κ1) is 70.7. The largest absolute Gasteiger partial charge is 0.344 e. The Hall–Kier alpha value is -13.7. The lowest BCUT2D eigenvalue weighted by Gasteiger charge is -2.10. The molecule has 12 aromatic heterocycles. The van der Waals surface area contributed by atoms with E-state index in [9.17, 15) is 38.4 Å². The summed E-state index contributed by atoms with van der Waals surface area (Å²) in [5, 5.41) is 44.6. The molecule has 8 N–H and O–H groups in total. The van der Waals surface area contributed by atoms with Crippen LogP contribution in [0.4, 0.5) is 19.2 Å². The fraction of sp³-hybridized carbons (Fsp3) is 0.233. The Morgan fingerprint density at radius 2 is 0.660 bits per heavy atom. The van der Waals surface area contributed by atoms with Gasteiger partial charge in [0, 0.05) is 57.5 Å². The third-order valence-electron chi connectivity index (χ3n) is 17.2. The number of rotatable bonds is 15. The molecule has 0 aliphatic rings. The first-order chi connectivity index (χ1) is 51.4. The number of carbonyl (C=O) groups excluding carboxylic acids is 4. The summed E-state index contributed by atoms with van der Waals surface area (Å²) in [7, 11) is 3.86. The third kappa shape index (κ3) is 14.3. The molecule has 0 unspecified atom stereocenters. The van der Waals surface area contributed by atoms with Crippen LogP contribution in [0, 0.1) is 11.8 Å². The summed E-state index contributed by atoms with van der Waals surface area (Å²) in [5.41, 5.74) is 6.15. The second-order valence-electron chi connectivity index (χ2n) is 25.8. The van der Waals surface area contributed by atoms with Crippen LogP contribution in [0.2, 0.25) is 0 Å². The van der Waals surface area contributed by atoms with Gasteiger partial charge < -0.3 is 26.2 Å². The number of aromatic nitrogens is 20. The fourth-order valence-electron chi connectivity index (χ4n) is 11.6. The van der Waals surface area contributed by atoms with E-state index in [1.807, 2.05) is 154 Å². The van der Waals surface area contributed by atoms with Crippen LogP contribution >= 0.6 is 0 Å². The average molecular weight is 1430 g/mol. The molecule has 4 amide bonds. The van der Waals surface area contributed by atoms with Gasteiger partial charge >= 0.3 is 24.1 Å². The van der Waals surface area contributed by atoms with E-state index < -0.39 is 0 Å². The van der Waals surface area contributed by atoms with Gasteiger partial charge in [-0.3, -0.25) is 39.6 Å². The average Bonchev–Trinajstić information content (AvgIpc) is 1.62. The maximum Gasteiger partial charge on any atom is 0.344 e. The molecule has 0 saturated heterocycles. The van der Waals surface area contributed by atoms with Crippen molar-refractivity contribution in [3.05, 3.63) is 212 Å². The summed E-state index contributed by atoms with van der Waals surface area (Å²) >= 11 is 0. The highest BCUT2D eigenvalue weighted by Crippen LogP contribution is 2.25. The van der Waals surface area contributed by atoms with Crippen LogP contribution in [-0.2, 0) is 0 Å². The Balaban J connectivity index is 0.000000125. The van der Waals surface area contributed by atoms with Crippen LogP contribution in [0.1, 0.15) is 53.9 Å². The van der Waals surface area contributed by atoms with E-state index in [0.29, 0.717) is 126 Å². The highest BCUT2D eigenvalue weighted by molar-refractivity contribution is 6.07. The monoisotopic (exact) mass is 1430 g/mol. The molecule has 33 nitrogen and oxygen atoms in total. The van der Waals surface area contributed by atoms with E-state index in [1.54, 1.807) is 24.8 Å². The third-order valence-corrected chi connectivity index (χ3v) is 17.2. The molecule has 33 heteroatoms. The van der Waals surface area contributed by atoms with Gasteiger partial charge in [-0.05, 0) is 87.3 Å². The molecule has 0 fully saturated rings. The van der Waals surface area contributed by atoms with Gasteiger partial charge in [-0.25, -0.2) is 57.8 Å². The molecule has 16 rings (SSSR count). The SMILES string of the molecule is CC(C)CCNC(=O)n1ncc2c3[nH]n(-c4ccccc4)c(=O)c3cnc21.CC(C)CNC(=O)n1ncc2c3[nH]n(-c4ccccc4)c(=O)c3cnc21.CCCCNC(=O)n1ncc2c3[nH]n(-c4ccccc4)c(=O)c3cnc21.CN(C)CCNC(=O)n1ncc2c3[nH]n(-c4ccccc4)c(=O)c3cnc21. The van der Waals surface area contributed by atoms with Crippen LogP contribution in [0.5, 0.6) is 0 Å². The van der Waals surface area contributed by atoms with Crippen molar-refractivity contribution < 1.29 is 19.2 Å². The van der Waals surface area contributed by atoms with Crippen molar-refractivity contribution in [2.45, 2.75) is 53.9 Å². The molecule has 12 heterocycles. The zero-order chi connectivity index (χ0) is 74.3. The van der Waals surface area contributed by atoms with Crippen molar-refractivity contribution in [2.24, 2.45) is 11.8 Å². The minimum Gasteiger partial charge on any atom is -0.336 e. The minimum atomic E-state index is -0.358. The Bertz CT molecular complexity index is 5940. The molecular formula is C73H75N25O8. The predicted octanol–water partition coefficient (Wildman–Crippen LogP) is 8.55. The van der Waals surface area contributed by atoms with Crippen molar-refractivity contribution in [2.75, 3.05) is 46.8 Å². The van der Waals surface area contributed by atoms with E-state index in [2.05, 4.69) is 103 Å². The quantitative estimate of drug-likeness (QED) is 0.0445. The number of unbranched alkanes of at least 4 members (excludes halogenated alkanes) is 1. The van der Waals surface area contributed by atoms with E-state index in [0.717, 1.165) is 48.6 Å². The fourth-order valence-corrected chi connectivity index (χ4v) is 11.6. The Morgan fingerprint density at radius 1 is 0.377 bits per heavy atom. The summed E-state index contributed by atoms with van der Waals surface area (Å²) in [5.74, 6) is 0.831. The molecule has 0 aliphatic carbocycles. The predicted molar refractivity (Wildman–Crippen MR) is 403 cm³/mol. The normalized spacial score (nSPS) is 11.5. The number of amides is 4. The molecule has 0 aliphatic heterocycles. The number of likely N-dealkylation sites (N-methyl/N-ethyl adjacent to an activating group) is 1. The van der Waals surface area contributed by atoms with Crippen molar-refractivity contribution in [3.8, 4) is 22.7 Å². The minimum absolute atomic E-state index is 0.194. The topological polar surface area (TPSA) is 394 Å². The second-order valence-corrected chi connectivity index (χ2v) is 25.8. The number of hydrogen-bond donors (Lipinski definition) is 8. The lowest BCUT2D eigenvalue weighted by atomic mass is 10.1. The number of benzene rings is 4. The maximum atomic E-state index is 12.7. The lowest BCUT2D eigenvalue weighted by molar-refractivity contribution is 0.238. The molecule has 540 valence electrons. The van der Waals surface area contributed by atoms with Crippen LogP contribution < -0.4 is 43.5 Å². The van der Waals surface area contributed by atoms with Gasteiger partial charge in [0.2, 0.25) is 0 Å². The molecule has 4 aromatic carbocycles. The summed E-state index contributed by atoms with van der Waals surface area (Å²) in [6.45, 7) is 13.2. The Kier molecular flexibility index (Phi) is 20.6. The summed E-state index contributed by atoms with van der Waals surface area (Å²) in [6.07, 6.45) is 14.9. The summed E-state index contributed by atoms with van der Waals surface area (Å²) in [4.78, 5) is 119. The first-order valence-corrected chi connectivity index (χ1v) is 34.3. The molecule has 16 aromatic rings. The number of pyridine rings is 4. The number of fused-ring (bicyclic) bond motifs is 12. The molecule has 0 atom stereocenters. The van der Waals surface area contributed by atoms with E-state index in [4.69, 9.17) is 0 Å². The molecule has 0 radical (unpaired) electrons. The number of nitrogens with zero attached hydrogens (tertiary/aromatic N) is 17.